The van der Waals surface area contributed by atoms with E-state index in [1.165, 1.54) is 6.07 Å². The van der Waals surface area contributed by atoms with E-state index in [4.69, 9.17) is 14.2 Å². The molecule has 4 rings (SSSR count). The van der Waals surface area contributed by atoms with Gasteiger partial charge in [0.25, 0.3) is 0 Å². The quantitative estimate of drug-likeness (QED) is 0.396. The van der Waals surface area contributed by atoms with Crippen LogP contribution >= 0.6 is 0 Å². The summed E-state index contributed by atoms with van der Waals surface area (Å²) in [4.78, 5) is 26.8. The first kappa shape index (κ1) is 25.4. The van der Waals surface area contributed by atoms with Crippen LogP contribution in [0.5, 0.6) is 17.2 Å². The monoisotopic (exact) mass is 491 g/mol. The normalized spacial score (nSPS) is 18.9. The number of hydrogen-bond acceptors (Lipinski definition) is 7. The van der Waals surface area contributed by atoms with Crippen LogP contribution in [0.25, 0.3) is 0 Å². The average Bonchev–Trinajstić information content (AvgIpc) is 2.82. The van der Waals surface area contributed by atoms with E-state index in [0.717, 1.165) is 5.70 Å². The molecule has 7 heteroatoms. The molecule has 36 heavy (non-hydrogen) atoms. The zero-order valence-corrected chi connectivity index (χ0v) is 21.2. The third-order valence-corrected chi connectivity index (χ3v) is 6.41. The van der Waals surface area contributed by atoms with E-state index in [0.29, 0.717) is 53.4 Å². The van der Waals surface area contributed by atoms with Gasteiger partial charge in [0.2, 0.25) is 0 Å². The highest BCUT2D eigenvalue weighted by Crippen LogP contribution is 2.47. The van der Waals surface area contributed by atoms with Crippen LogP contribution in [0.1, 0.15) is 52.0 Å². The van der Waals surface area contributed by atoms with Crippen LogP contribution in [-0.4, -0.2) is 36.7 Å². The topological polar surface area (TPSA) is 94.1 Å². The SMILES string of the molecule is CCOc1cc([C@H]2C(C(=O)OCCOc3ccccc3)=C(C)NC3=C2C(=O)CC(C)(C)C3)ccc1O. The molecule has 2 aliphatic rings. The molecule has 1 aliphatic carbocycles. The predicted molar refractivity (Wildman–Crippen MR) is 136 cm³/mol. The van der Waals surface area contributed by atoms with Gasteiger partial charge in [0.15, 0.2) is 17.3 Å². The van der Waals surface area contributed by atoms with Gasteiger partial charge in [0, 0.05) is 29.3 Å². The number of Topliss-reactive ketones (excluding diaryl/α,β-unsaturated/α-hetero) is 1. The highest BCUT2D eigenvalue weighted by Gasteiger charge is 2.43. The van der Waals surface area contributed by atoms with Gasteiger partial charge >= 0.3 is 5.97 Å². The molecule has 0 aromatic heterocycles. The Hall–Kier alpha value is -3.74. The van der Waals surface area contributed by atoms with Crippen molar-refractivity contribution in [2.24, 2.45) is 5.41 Å². The van der Waals surface area contributed by atoms with Crippen molar-refractivity contribution < 1.29 is 28.9 Å². The molecule has 2 aromatic carbocycles. The number of aromatic hydroxyl groups is 1. The number of dihydropyridines is 1. The fraction of sp³-hybridized carbons (Fsp3) is 0.379. The maximum atomic E-state index is 13.4. The molecular formula is C29H33NO6. The zero-order valence-electron chi connectivity index (χ0n) is 21.2. The smallest absolute Gasteiger partial charge is 0.336 e. The number of benzene rings is 2. The molecule has 2 aromatic rings. The number of carbonyl (C=O) groups excluding carboxylic acids is 2. The van der Waals surface area contributed by atoms with Crippen LogP contribution in [0, 0.1) is 5.41 Å². The molecule has 1 aliphatic heterocycles. The van der Waals surface area contributed by atoms with Crippen molar-refractivity contribution >= 4 is 11.8 Å². The lowest BCUT2D eigenvalue weighted by molar-refractivity contribution is -0.140. The van der Waals surface area contributed by atoms with E-state index in [2.05, 4.69) is 19.2 Å². The molecule has 0 saturated heterocycles. The van der Waals surface area contributed by atoms with Gasteiger partial charge in [-0.15, -0.1) is 0 Å². The molecule has 2 N–H and O–H groups in total. The van der Waals surface area contributed by atoms with Crippen molar-refractivity contribution in [3.05, 3.63) is 76.6 Å². The first-order valence-electron chi connectivity index (χ1n) is 12.2. The van der Waals surface area contributed by atoms with Crippen molar-refractivity contribution in [1.29, 1.82) is 0 Å². The molecule has 0 spiro atoms. The Morgan fingerprint density at radius 3 is 2.56 bits per heavy atom. The average molecular weight is 492 g/mol. The lowest BCUT2D eigenvalue weighted by atomic mass is 9.68. The van der Waals surface area contributed by atoms with Crippen LogP contribution in [0.2, 0.25) is 0 Å². The Morgan fingerprint density at radius 1 is 1.08 bits per heavy atom. The van der Waals surface area contributed by atoms with Gasteiger partial charge in [0.1, 0.15) is 19.0 Å². The van der Waals surface area contributed by atoms with Gasteiger partial charge in [0.05, 0.1) is 12.2 Å². The highest BCUT2D eigenvalue weighted by molar-refractivity contribution is 6.04. The molecular weight excluding hydrogens is 458 g/mol. The van der Waals surface area contributed by atoms with E-state index in [1.54, 1.807) is 12.1 Å². The molecule has 7 nitrogen and oxygen atoms in total. The molecule has 0 unspecified atom stereocenters. The van der Waals surface area contributed by atoms with Crippen LogP contribution < -0.4 is 14.8 Å². The van der Waals surface area contributed by atoms with E-state index in [9.17, 15) is 14.7 Å². The summed E-state index contributed by atoms with van der Waals surface area (Å²) in [5, 5.41) is 13.6. The number of ketones is 1. The standard InChI is InChI=1S/C29H33NO6/c1-5-34-24-15-19(11-12-22(24)31)26-25(28(33)36-14-13-35-20-9-7-6-8-10-20)18(2)30-21-16-29(3,4)17-23(32)27(21)26/h6-12,15,26,30-31H,5,13-14,16-17H2,1-4H3/t26-/m0/s1. The third-order valence-electron chi connectivity index (χ3n) is 6.41. The molecule has 1 atom stereocenters. The largest absolute Gasteiger partial charge is 0.504 e. The van der Waals surface area contributed by atoms with Crippen LogP contribution in [0.3, 0.4) is 0 Å². The van der Waals surface area contributed by atoms with Crippen molar-refractivity contribution in [1.82, 2.24) is 5.32 Å². The van der Waals surface area contributed by atoms with Gasteiger partial charge in [-0.2, -0.15) is 0 Å². The summed E-state index contributed by atoms with van der Waals surface area (Å²) in [6.07, 6.45) is 1.07. The number of allylic oxidation sites excluding steroid dienone is 3. The summed E-state index contributed by atoms with van der Waals surface area (Å²) in [7, 11) is 0. The predicted octanol–water partition coefficient (Wildman–Crippen LogP) is 5.02. The van der Waals surface area contributed by atoms with Crippen molar-refractivity contribution in [2.45, 2.75) is 46.5 Å². The fourth-order valence-electron chi connectivity index (χ4n) is 4.91. The fourth-order valence-corrected chi connectivity index (χ4v) is 4.91. The molecule has 0 bridgehead atoms. The lowest BCUT2D eigenvalue weighted by Gasteiger charge is -2.39. The Labute approximate surface area is 211 Å². The minimum atomic E-state index is -0.632. The van der Waals surface area contributed by atoms with Gasteiger partial charge in [-0.1, -0.05) is 38.1 Å². The minimum Gasteiger partial charge on any atom is -0.504 e. The summed E-state index contributed by atoms with van der Waals surface area (Å²) in [5.41, 5.74) is 2.91. The second kappa shape index (κ2) is 10.5. The van der Waals surface area contributed by atoms with Gasteiger partial charge < -0.3 is 24.6 Å². The molecule has 0 radical (unpaired) electrons. The molecule has 190 valence electrons. The van der Waals surface area contributed by atoms with Gasteiger partial charge in [-0.3, -0.25) is 4.79 Å². The summed E-state index contributed by atoms with van der Waals surface area (Å²) in [6.45, 7) is 8.41. The number of carbonyl (C=O) groups is 2. The Morgan fingerprint density at radius 2 is 1.83 bits per heavy atom. The van der Waals surface area contributed by atoms with E-state index < -0.39 is 11.9 Å². The first-order valence-corrected chi connectivity index (χ1v) is 12.2. The number of phenols is 1. The van der Waals surface area contributed by atoms with E-state index >= 15 is 0 Å². The number of hydrogen-bond donors (Lipinski definition) is 2. The number of ether oxygens (including phenoxy) is 3. The second-order valence-electron chi connectivity index (χ2n) is 9.89. The second-order valence-corrected chi connectivity index (χ2v) is 9.89. The van der Waals surface area contributed by atoms with Gasteiger partial charge in [-0.05, 0) is 55.5 Å². The van der Waals surface area contributed by atoms with Crippen LogP contribution in [0.4, 0.5) is 0 Å². The lowest BCUT2D eigenvalue weighted by Crippen LogP contribution is -2.38. The van der Waals surface area contributed by atoms with Crippen LogP contribution in [0.15, 0.2) is 71.1 Å². The van der Waals surface area contributed by atoms with E-state index in [1.807, 2.05) is 44.2 Å². The van der Waals surface area contributed by atoms with Gasteiger partial charge in [-0.25, -0.2) is 4.79 Å². The van der Waals surface area contributed by atoms with Crippen molar-refractivity contribution in [3.8, 4) is 17.2 Å². The first-order chi connectivity index (χ1) is 17.2. The Kier molecular flexibility index (Phi) is 7.38. The Bertz CT molecular complexity index is 1210. The highest BCUT2D eigenvalue weighted by atomic mass is 16.6. The summed E-state index contributed by atoms with van der Waals surface area (Å²) >= 11 is 0. The summed E-state index contributed by atoms with van der Waals surface area (Å²) in [5.74, 6) is -0.151. The molecule has 0 saturated carbocycles. The molecule has 0 amide bonds. The molecule has 0 fully saturated rings. The number of esters is 1. The van der Waals surface area contributed by atoms with Crippen LogP contribution in [-0.2, 0) is 14.3 Å². The number of rotatable bonds is 8. The van der Waals surface area contributed by atoms with Crippen molar-refractivity contribution in [3.63, 3.8) is 0 Å². The Balaban J connectivity index is 1.65. The minimum absolute atomic E-state index is 0.00253. The number of para-hydroxylation sites is 1. The summed E-state index contributed by atoms with van der Waals surface area (Å²) < 4.78 is 16.8. The zero-order chi connectivity index (χ0) is 25.9. The number of nitrogens with one attached hydrogen (secondary N) is 1. The maximum absolute atomic E-state index is 13.4. The van der Waals surface area contributed by atoms with E-state index in [-0.39, 0.29) is 30.2 Å². The summed E-state index contributed by atoms with van der Waals surface area (Å²) in [6, 6.07) is 14.3. The third kappa shape index (κ3) is 5.40. The number of phenolic OH excluding ortho intramolecular Hbond substituents is 1. The maximum Gasteiger partial charge on any atom is 0.336 e. The van der Waals surface area contributed by atoms with Crippen molar-refractivity contribution in [2.75, 3.05) is 19.8 Å². The molecule has 1 heterocycles.